The number of esters is 1. The summed E-state index contributed by atoms with van der Waals surface area (Å²) in [6.07, 6.45) is 0. The number of aryl methyl sites for hydroxylation is 3. The molecule has 3 aromatic carbocycles. The minimum atomic E-state index is -0.388. The molecule has 0 aliphatic heterocycles. The average Bonchev–Trinajstić information content (AvgIpc) is 2.68. The summed E-state index contributed by atoms with van der Waals surface area (Å²) in [4.78, 5) is 12.8. The van der Waals surface area contributed by atoms with Crippen LogP contribution in [0.1, 0.15) is 58.9 Å². The second-order valence-corrected chi connectivity index (χ2v) is 8.90. The number of rotatable bonds is 5. The van der Waals surface area contributed by atoms with Crippen molar-refractivity contribution in [3.63, 3.8) is 0 Å². The van der Waals surface area contributed by atoms with Crippen LogP contribution >= 0.6 is 0 Å². The monoisotopic (exact) mass is 402 g/mol. The number of carbonyl (C=O) groups excluding carboxylic acids is 1. The van der Waals surface area contributed by atoms with E-state index in [1.54, 1.807) is 12.1 Å². The Hall–Kier alpha value is -3.07. The third kappa shape index (κ3) is 5.29. The first-order chi connectivity index (χ1) is 14.1. The first-order valence-corrected chi connectivity index (χ1v) is 10.3. The standard InChI is InChI=1S/C27H30O3/c1-18-7-11-21(12-8-18)17-29-25-20(3)15-23(27(4,5)6)16-24(25)30-26(28)22-13-9-19(2)10-14-22/h7-16H,17H2,1-6H3. The van der Waals surface area contributed by atoms with Crippen molar-refractivity contribution in [2.45, 2.75) is 53.6 Å². The first kappa shape index (κ1) is 21.6. The number of ether oxygens (including phenoxy) is 2. The molecule has 3 heteroatoms. The van der Waals surface area contributed by atoms with Gasteiger partial charge in [0.25, 0.3) is 0 Å². The molecule has 0 radical (unpaired) electrons. The lowest BCUT2D eigenvalue weighted by molar-refractivity contribution is 0.0727. The molecular weight excluding hydrogens is 372 g/mol. The van der Waals surface area contributed by atoms with Crippen LogP contribution < -0.4 is 9.47 Å². The van der Waals surface area contributed by atoms with Crippen LogP contribution in [0.3, 0.4) is 0 Å². The van der Waals surface area contributed by atoms with Crippen LogP contribution in [0.5, 0.6) is 11.5 Å². The van der Waals surface area contributed by atoms with Crippen LogP contribution in [-0.4, -0.2) is 5.97 Å². The summed E-state index contributed by atoms with van der Waals surface area (Å²) in [5.74, 6) is 0.669. The van der Waals surface area contributed by atoms with Gasteiger partial charge in [-0.15, -0.1) is 0 Å². The fourth-order valence-corrected chi connectivity index (χ4v) is 3.12. The molecule has 3 rings (SSSR count). The maximum absolute atomic E-state index is 12.8. The highest BCUT2D eigenvalue weighted by Crippen LogP contribution is 2.37. The van der Waals surface area contributed by atoms with Crippen LogP contribution in [0.15, 0.2) is 60.7 Å². The van der Waals surface area contributed by atoms with Gasteiger partial charge in [-0.25, -0.2) is 4.79 Å². The molecular formula is C27H30O3. The molecule has 3 nitrogen and oxygen atoms in total. The van der Waals surface area contributed by atoms with E-state index >= 15 is 0 Å². The van der Waals surface area contributed by atoms with Crippen LogP contribution in [-0.2, 0) is 12.0 Å². The second-order valence-electron chi connectivity index (χ2n) is 8.90. The summed E-state index contributed by atoms with van der Waals surface area (Å²) in [6, 6.07) is 19.6. The highest BCUT2D eigenvalue weighted by molar-refractivity contribution is 5.91. The Balaban J connectivity index is 1.92. The summed E-state index contributed by atoms with van der Waals surface area (Å²) in [5, 5.41) is 0. The zero-order valence-corrected chi connectivity index (χ0v) is 18.7. The van der Waals surface area contributed by atoms with Crippen molar-refractivity contribution >= 4 is 5.97 Å². The lowest BCUT2D eigenvalue weighted by atomic mass is 9.86. The van der Waals surface area contributed by atoms with Gasteiger partial charge in [0.15, 0.2) is 11.5 Å². The van der Waals surface area contributed by atoms with Gasteiger partial charge in [-0.05, 0) is 61.1 Å². The SMILES string of the molecule is Cc1ccc(COc2c(C)cc(C(C)(C)C)cc2OC(=O)c2ccc(C)cc2)cc1. The van der Waals surface area contributed by atoms with Crippen molar-refractivity contribution in [2.75, 3.05) is 0 Å². The topological polar surface area (TPSA) is 35.5 Å². The largest absolute Gasteiger partial charge is 0.485 e. The summed E-state index contributed by atoms with van der Waals surface area (Å²) >= 11 is 0. The number of hydrogen-bond donors (Lipinski definition) is 0. The average molecular weight is 403 g/mol. The van der Waals surface area contributed by atoms with Gasteiger partial charge in [-0.1, -0.05) is 74.4 Å². The Morgan fingerprint density at radius 2 is 1.40 bits per heavy atom. The molecule has 0 N–H and O–H groups in total. The van der Waals surface area contributed by atoms with Gasteiger partial charge in [0.2, 0.25) is 0 Å². The molecule has 0 heterocycles. The van der Waals surface area contributed by atoms with E-state index in [-0.39, 0.29) is 11.4 Å². The Morgan fingerprint density at radius 3 is 1.97 bits per heavy atom. The van der Waals surface area contributed by atoms with Crippen molar-refractivity contribution in [1.82, 2.24) is 0 Å². The number of carbonyl (C=O) groups is 1. The summed E-state index contributed by atoms with van der Waals surface area (Å²) in [5.41, 5.74) is 5.84. The lowest BCUT2D eigenvalue weighted by Gasteiger charge is -2.23. The number of benzene rings is 3. The molecule has 0 bridgehead atoms. The Morgan fingerprint density at radius 1 is 0.833 bits per heavy atom. The summed E-state index contributed by atoms with van der Waals surface area (Å²) < 4.78 is 12.0. The lowest BCUT2D eigenvalue weighted by Crippen LogP contribution is -2.14. The third-order valence-electron chi connectivity index (χ3n) is 5.10. The van der Waals surface area contributed by atoms with E-state index in [1.165, 1.54) is 5.56 Å². The molecule has 30 heavy (non-hydrogen) atoms. The summed E-state index contributed by atoms with van der Waals surface area (Å²) in [7, 11) is 0. The maximum atomic E-state index is 12.8. The van der Waals surface area contributed by atoms with Crippen molar-refractivity contribution in [3.8, 4) is 11.5 Å². The molecule has 0 saturated heterocycles. The molecule has 0 spiro atoms. The quantitative estimate of drug-likeness (QED) is 0.351. The molecule has 156 valence electrons. The van der Waals surface area contributed by atoms with E-state index in [4.69, 9.17) is 9.47 Å². The van der Waals surface area contributed by atoms with Gasteiger partial charge in [-0.3, -0.25) is 0 Å². The maximum Gasteiger partial charge on any atom is 0.343 e. The molecule has 0 fully saturated rings. The van der Waals surface area contributed by atoms with Gasteiger partial charge in [0, 0.05) is 0 Å². The van der Waals surface area contributed by atoms with E-state index in [1.807, 2.05) is 44.2 Å². The van der Waals surface area contributed by atoms with Crippen LogP contribution in [0.2, 0.25) is 0 Å². The van der Waals surface area contributed by atoms with Crippen molar-refractivity contribution < 1.29 is 14.3 Å². The van der Waals surface area contributed by atoms with Gasteiger partial charge < -0.3 is 9.47 Å². The highest BCUT2D eigenvalue weighted by Gasteiger charge is 2.21. The predicted molar refractivity (Wildman–Crippen MR) is 122 cm³/mol. The molecule has 0 atom stereocenters. The Labute approximate surface area is 179 Å². The Kier molecular flexibility index (Phi) is 6.31. The van der Waals surface area contributed by atoms with E-state index in [2.05, 4.69) is 45.9 Å². The molecule has 0 aliphatic carbocycles. The zero-order valence-electron chi connectivity index (χ0n) is 18.7. The van der Waals surface area contributed by atoms with Crippen LogP contribution in [0.4, 0.5) is 0 Å². The fourth-order valence-electron chi connectivity index (χ4n) is 3.12. The van der Waals surface area contributed by atoms with Gasteiger partial charge >= 0.3 is 5.97 Å². The zero-order chi connectivity index (χ0) is 21.9. The van der Waals surface area contributed by atoms with Gasteiger partial charge in [-0.2, -0.15) is 0 Å². The smallest absolute Gasteiger partial charge is 0.343 e. The molecule has 3 aromatic rings. The van der Waals surface area contributed by atoms with E-state index in [9.17, 15) is 4.79 Å². The highest BCUT2D eigenvalue weighted by atomic mass is 16.6. The van der Waals surface area contributed by atoms with E-state index < -0.39 is 0 Å². The molecule has 0 aliphatic rings. The minimum absolute atomic E-state index is 0.0781. The molecule has 0 amide bonds. The van der Waals surface area contributed by atoms with Crippen molar-refractivity contribution in [3.05, 3.63) is 94.0 Å². The van der Waals surface area contributed by atoms with E-state index in [0.29, 0.717) is 23.7 Å². The van der Waals surface area contributed by atoms with Crippen LogP contribution in [0.25, 0.3) is 0 Å². The van der Waals surface area contributed by atoms with Crippen molar-refractivity contribution in [2.24, 2.45) is 0 Å². The second kappa shape index (κ2) is 8.74. The molecule has 0 saturated carbocycles. The predicted octanol–water partition coefficient (Wildman–Crippen LogP) is 6.71. The van der Waals surface area contributed by atoms with Gasteiger partial charge in [0.1, 0.15) is 6.61 Å². The fraction of sp³-hybridized carbons (Fsp3) is 0.296. The van der Waals surface area contributed by atoms with Gasteiger partial charge in [0.05, 0.1) is 5.56 Å². The van der Waals surface area contributed by atoms with Crippen molar-refractivity contribution in [1.29, 1.82) is 0 Å². The Bertz CT molecular complexity index is 1020. The molecule has 0 unspecified atom stereocenters. The minimum Gasteiger partial charge on any atom is -0.485 e. The molecule has 0 aromatic heterocycles. The third-order valence-corrected chi connectivity index (χ3v) is 5.10. The normalized spacial score (nSPS) is 11.3. The number of hydrogen-bond acceptors (Lipinski definition) is 3. The van der Waals surface area contributed by atoms with E-state index in [0.717, 1.165) is 22.3 Å². The summed E-state index contributed by atoms with van der Waals surface area (Å²) in [6.45, 7) is 12.9. The van der Waals surface area contributed by atoms with Crippen LogP contribution in [0, 0.1) is 20.8 Å². The first-order valence-electron chi connectivity index (χ1n) is 10.3.